The van der Waals surface area contributed by atoms with Crippen molar-refractivity contribution in [2.24, 2.45) is 5.92 Å². The quantitative estimate of drug-likeness (QED) is 0.536. The maximum atomic E-state index is 13.7. The number of carbonyl (C=O) groups is 2. The van der Waals surface area contributed by atoms with Crippen LogP contribution in [-0.2, 0) is 11.2 Å². The van der Waals surface area contributed by atoms with Gasteiger partial charge in [0.25, 0.3) is 5.91 Å². The van der Waals surface area contributed by atoms with Gasteiger partial charge in [0.15, 0.2) is 0 Å². The van der Waals surface area contributed by atoms with Crippen LogP contribution in [0.15, 0.2) is 85.7 Å². The molecule has 0 aliphatic carbocycles. The molecule has 3 aromatic rings. The van der Waals surface area contributed by atoms with Gasteiger partial charge in [-0.05, 0) is 53.4 Å². The van der Waals surface area contributed by atoms with Gasteiger partial charge in [-0.3, -0.25) is 14.6 Å². The number of amides is 2. The minimum absolute atomic E-state index is 0.00115. The number of hydrogen-bond donors (Lipinski definition) is 0. The molecular weight excluding hydrogens is 417 g/mol. The zero-order chi connectivity index (χ0) is 23.2. The first-order valence-corrected chi connectivity index (χ1v) is 11.0. The second kappa shape index (κ2) is 10.2. The maximum absolute atomic E-state index is 13.7. The average Bonchev–Trinajstić information content (AvgIpc) is 2.99. The van der Waals surface area contributed by atoms with Crippen molar-refractivity contribution in [3.8, 4) is 11.1 Å². The van der Waals surface area contributed by atoms with E-state index in [9.17, 15) is 14.0 Å². The summed E-state index contributed by atoms with van der Waals surface area (Å²) in [6.07, 6.45) is 5.70. The molecule has 168 valence electrons. The zero-order valence-corrected chi connectivity index (χ0v) is 18.4. The van der Waals surface area contributed by atoms with Crippen molar-refractivity contribution in [3.63, 3.8) is 0 Å². The second-order valence-corrected chi connectivity index (χ2v) is 8.17. The molecule has 5 nitrogen and oxygen atoms in total. The highest BCUT2D eigenvalue weighted by molar-refractivity contribution is 5.95. The minimum atomic E-state index is -0.454. The van der Waals surface area contributed by atoms with Gasteiger partial charge in [-0.1, -0.05) is 36.4 Å². The minimum Gasteiger partial charge on any atom is -0.337 e. The van der Waals surface area contributed by atoms with Gasteiger partial charge in [0.05, 0.1) is 5.92 Å². The molecule has 1 atom stereocenters. The molecule has 33 heavy (non-hydrogen) atoms. The summed E-state index contributed by atoms with van der Waals surface area (Å²) >= 11 is 0. The van der Waals surface area contributed by atoms with E-state index in [2.05, 4.69) is 17.6 Å². The molecule has 1 fully saturated rings. The van der Waals surface area contributed by atoms with Gasteiger partial charge in [-0.15, -0.1) is 6.58 Å². The lowest BCUT2D eigenvalue weighted by Gasteiger charge is -2.24. The SMILES string of the molecule is C=CCN1CCN(C(=O)c2cccc(F)c2)C[C@H](Cc2cccc(-c3ccncc3)c2)C1=O. The number of benzene rings is 2. The van der Waals surface area contributed by atoms with Gasteiger partial charge in [-0.25, -0.2) is 4.39 Å². The van der Waals surface area contributed by atoms with Crippen molar-refractivity contribution in [2.75, 3.05) is 26.2 Å². The molecule has 6 heteroatoms. The van der Waals surface area contributed by atoms with Crippen LogP contribution in [0.1, 0.15) is 15.9 Å². The number of aromatic nitrogens is 1. The summed E-state index contributed by atoms with van der Waals surface area (Å²) < 4.78 is 13.7. The van der Waals surface area contributed by atoms with E-state index < -0.39 is 11.7 Å². The Balaban J connectivity index is 1.59. The first kappa shape index (κ1) is 22.4. The van der Waals surface area contributed by atoms with Gasteiger partial charge >= 0.3 is 0 Å². The van der Waals surface area contributed by atoms with Crippen LogP contribution in [0.4, 0.5) is 4.39 Å². The Morgan fingerprint density at radius 2 is 1.85 bits per heavy atom. The number of pyridine rings is 1. The van der Waals surface area contributed by atoms with E-state index >= 15 is 0 Å². The lowest BCUT2D eigenvalue weighted by molar-refractivity contribution is -0.134. The summed E-state index contributed by atoms with van der Waals surface area (Å²) in [6, 6.07) is 17.6. The molecule has 1 saturated heterocycles. The fourth-order valence-corrected chi connectivity index (χ4v) is 4.23. The Kier molecular flexibility index (Phi) is 6.93. The van der Waals surface area contributed by atoms with Crippen LogP contribution in [0.2, 0.25) is 0 Å². The van der Waals surface area contributed by atoms with Crippen molar-refractivity contribution in [3.05, 3.63) is 103 Å². The van der Waals surface area contributed by atoms with E-state index in [0.717, 1.165) is 16.7 Å². The molecule has 1 aliphatic rings. The van der Waals surface area contributed by atoms with Crippen molar-refractivity contribution < 1.29 is 14.0 Å². The molecular formula is C27H26FN3O2. The molecule has 1 aromatic heterocycles. The molecule has 2 amide bonds. The van der Waals surface area contributed by atoms with Gasteiger partial charge in [-0.2, -0.15) is 0 Å². The van der Waals surface area contributed by atoms with Crippen LogP contribution in [0.25, 0.3) is 11.1 Å². The van der Waals surface area contributed by atoms with Crippen LogP contribution >= 0.6 is 0 Å². The summed E-state index contributed by atoms with van der Waals surface area (Å²) in [5.74, 6) is -1.13. The van der Waals surface area contributed by atoms with Gasteiger partial charge in [0, 0.05) is 44.1 Å². The molecule has 0 saturated carbocycles. The third-order valence-corrected chi connectivity index (χ3v) is 5.87. The molecule has 0 spiro atoms. The van der Waals surface area contributed by atoms with Crippen LogP contribution in [0, 0.1) is 11.7 Å². The zero-order valence-electron chi connectivity index (χ0n) is 18.4. The van der Waals surface area contributed by atoms with Crippen LogP contribution in [0.5, 0.6) is 0 Å². The van der Waals surface area contributed by atoms with Crippen molar-refractivity contribution in [1.29, 1.82) is 0 Å². The monoisotopic (exact) mass is 443 g/mol. The fraction of sp³-hybridized carbons (Fsp3) is 0.222. The molecule has 2 heterocycles. The van der Waals surface area contributed by atoms with Gasteiger partial charge in [0.1, 0.15) is 5.82 Å². The Morgan fingerprint density at radius 1 is 1.06 bits per heavy atom. The molecule has 2 aromatic carbocycles. The van der Waals surface area contributed by atoms with E-state index in [1.807, 2.05) is 30.3 Å². The predicted octanol–water partition coefficient (Wildman–Crippen LogP) is 4.22. The first-order chi connectivity index (χ1) is 16.0. The number of hydrogen-bond acceptors (Lipinski definition) is 3. The Hall–Kier alpha value is -3.80. The Labute approximate surface area is 193 Å². The van der Waals surface area contributed by atoms with Crippen LogP contribution in [0.3, 0.4) is 0 Å². The summed E-state index contributed by atoms with van der Waals surface area (Å²) in [4.78, 5) is 33.9. The van der Waals surface area contributed by atoms with E-state index in [1.54, 1.807) is 34.3 Å². The summed E-state index contributed by atoms with van der Waals surface area (Å²) in [7, 11) is 0. The lowest BCUT2D eigenvalue weighted by atomic mass is 9.95. The highest BCUT2D eigenvalue weighted by Gasteiger charge is 2.32. The highest BCUT2D eigenvalue weighted by atomic mass is 19.1. The second-order valence-electron chi connectivity index (χ2n) is 8.17. The summed E-state index contributed by atoms with van der Waals surface area (Å²) in [6.45, 7) is 5.28. The third kappa shape index (κ3) is 5.34. The van der Waals surface area contributed by atoms with Crippen molar-refractivity contribution in [1.82, 2.24) is 14.8 Å². The first-order valence-electron chi connectivity index (χ1n) is 11.0. The Bertz CT molecular complexity index is 1150. The molecule has 0 radical (unpaired) electrons. The molecule has 0 unspecified atom stereocenters. The van der Waals surface area contributed by atoms with Crippen LogP contribution in [-0.4, -0.2) is 52.8 Å². The van der Waals surface area contributed by atoms with E-state index in [1.165, 1.54) is 18.2 Å². The smallest absolute Gasteiger partial charge is 0.254 e. The number of halogens is 1. The fourth-order valence-electron chi connectivity index (χ4n) is 4.23. The largest absolute Gasteiger partial charge is 0.337 e. The number of rotatable bonds is 6. The predicted molar refractivity (Wildman–Crippen MR) is 126 cm³/mol. The maximum Gasteiger partial charge on any atom is 0.254 e. The van der Waals surface area contributed by atoms with Gasteiger partial charge in [0.2, 0.25) is 5.91 Å². The summed E-state index contributed by atoms with van der Waals surface area (Å²) in [5.41, 5.74) is 3.40. The number of nitrogens with zero attached hydrogens (tertiary/aromatic N) is 3. The third-order valence-electron chi connectivity index (χ3n) is 5.87. The molecule has 0 N–H and O–H groups in total. The van der Waals surface area contributed by atoms with E-state index in [0.29, 0.717) is 26.1 Å². The summed E-state index contributed by atoms with van der Waals surface area (Å²) in [5, 5.41) is 0. The van der Waals surface area contributed by atoms with E-state index in [-0.39, 0.29) is 23.9 Å². The lowest BCUT2D eigenvalue weighted by Crippen LogP contribution is -2.38. The van der Waals surface area contributed by atoms with Crippen molar-refractivity contribution >= 4 is 11.8 Å². The topological polar surface area (TPSA) is 53.5 Å². The molecule has 0 bridgehead atoms. The molecule has 1 aliphatic heterocycles. The van der Waals surface area contributed by atoms with E-state index in [4.69, 9.17) is 0 Å². The highest BCUT2D eigenvalue weighted by Crippen LogP contribution is 2.23. The standard InChI is InChI=1S/C27H26FN3O2/c1-2-13-30-14-15-31(26(32)23-7-4-8-25(28)18-23)19-24(27(30)33)17-20-5-3-6-22(16-20)21-9-11-29-12-10-21/h2-12,16,18,24H,1,13-15,17,19H2/t24-/m0/s1. The van der Waals surface area contributed by atoms with Gasteiger partial charge < -0.3 is 9.80 Å². The van der Waals surface area contributed by atoms with Crippen LogP contribution < -0.4 is 0 Å². The molecule has 4 rings (SSSR count). The normalized spacial score (nSPS) is 16.4. The van der Waals surface area contributed by atoms with Crippen molar-refractivity contribution in [2.45, 2.75) is 6.42 Å². The average molecular weight is 444 g/mol. The Morgan fingerprint density at radius 3 is 2.61 bits per heavy atom. The number of carbonyl (C=O) groups excluding carboxylic acids is 2.